The van der Waals surface area contributed by atoms with Crippen molar-refractivity contribution in [3.8, 4) is 5.75 Å². The molecule has 0 saturated heterocycles. The summed E-state index contributed by atoms with van der Waals surface area (Å²) in [4.78, 5) is 13.2. The molecule has 0 bridgehead atoms. The van der Waals surface area contributed by atoms with E-state index < -0.39 is 0 Å². The Labute approximate surface area is 160 Å². The molecule has 3 aromatic rings. The van der Waals surface area contributed by atoms with E-state index >= 15 is 0 Å². The van der Waals surface area contributed by atoms with Crippen molar-refractivity contribution in [1.29, 1.82) is 0 Å². The molecule has 0 atom stereocenters. The van der Waals surface area contributed by atoms with Crippen LogP contribution in [0.25, 0.3) is 10.9 Å². The normalized spacial score (nSPS) is 14.0. The van der Waals surface area contributed by atoms with Crippen molar-refractivity contribution < 1.29 is 9.53 Å². The molecule has 1 N–H and O–H groups in total. The van der Waals surface area contributed by atoms with Gasteiger partial charge in [-0.25, -0.2) is 0 Å². The minimum Gasteiger partial charge on any atom is -0.485 e. The van der Waals surface area contributed by atoms with Gasteiger partial charge in [-0.2, -0.15) is 0 Å². The predicted octanol–water partition coefficient (Wildman–Crippen LogP) is 3.97. The second kappa shape index (κ2) is 7.20. The Hall–Kier alpha value is -2.59. The summed E-state index contributed by atoms with van der Waals surface area (Å²) in [5.41, 5.74) is 6.46. The van der Waals surface area contributed by atoms with Gasteiger partial charge >= 0.3 is 0 Å². The van der Waals surface area contributed by atoms with E-state index in [0.29, 0.717) is 0 Å². The molecular weight excluding hydrogens is 336 g/mol. The highest BCUT2D eigenvalue weighted by Gasteiger charge is 2.23. The van der Waals surface area contributed by atoms with E-state index in [1.165, 1.54) is 5.56 Å². The van der Waals surface area contributed by atoms with Crippen LogP contribution in [0.15, 0.2) is 36.4 Å². The molecule has 1 aliphatic rings. The van der Waals surface area contributed by atoms with Crippen molar-refractivity contribution in [1.82, 2.24) is 9.88 Å². The van der Waals surface area contributed by atoms with Crippen LogP contribution < -0.4 is 10.1 Å². The minimum atomic E-state index is 0.0567. The highest BCUT2D eigenvalue weighted by molar-refractivity contribution is 6.10. The molecule has 4 heteroatoms. The lowest BCUT2D eigenvalue weighted by Crippen LogP contribution is -2.18. The number of ketones is 1. The third kappa shape index (κ3) is 3.26. The number of carbonyl (C=O) groups excluding carboxylic acids is 1. The second-order valence-electron chi connectivity index (χ2n) is 7.43. The molecule has 0 amide bonds. The Morgan fingerprint density at radius 1 is 1.11 bits per heavy atom. The SMILES string of the molecule is Cc1cc(C)c(OCC(=O)c2c3n(c4ccccc24)CCNCC3)c(C)c1. The number of hydrogen-bond acceptors (Lipinski definition) is 3. The van der Waals surface area contributed by atoms with Gasteiger partial charge in [-0.15, -0.1) is 0 Å². The quantitative estimate of drug-likeness (QED) is 0.714. The average Bonchev–Trinajstić information content (AvgIpc) is 2.77. The van der Waals surface area contributed by atoms with Crippen molar-refractivity contribution in [2.24, 2.45) is 0 Å². The summed E-state index contributed by atoms with van der Waals surface area (Å²) in [5.74, 6) is 0.881. The van der Waals surface area contributed by atoms with Crippen molar-refractivity contribution in [2.75, 3.05) is 19.7 Å². The van der Waals surface area contributed by atoms with Crippen LogP contribution in [0.4, 0.5) is 0 Å². The number of carbonyl (C=O) groups is 1. The van der Waals surface area contributed by atoms with Gasteiger partial charge in [0.15, 0.2) is 6.61 Å². The number of aryl methyl sites for hydroxylation is 3. The number of hydrogen-bond donors (Lipinski definition) is 1. The lowest BCUT2D eigenvalue weighted by Gasteiger charge is -2.13. The number of ether oxygens (including phenoxy) is 1. The van der Waals surface area contributed by atoms with Gasteiger partial charge < -0.3 is 14.6 Å². The van der Waals surface area contributed by atoms with Crippen molar-refractivity contribution in [3.63, 3.8) is 0 Å². The van der Waals surface area contributed by atoms with E-state index in [1.54, 1.807) is 0 Å². The Balaban J connectivity index is 1.68. The van der Waals surface area contributed by atoms with Crippen LogP contribution in [0.2, 0.25) is 0 Å². The number of Topliss-reactive ketones (excluding diaryl/α,β-unsaturated/α-hetero) is 1. The number of nitrogens with zero attached hydrogens (tertiary/aromatic N) is 1. The zero-order valence-corrected chi connectivity index (χ0v) is 16.3. The Morgan fingerprint density at radius 2 is 1.85 bits per heavy atom. The summed E-state index contributed by atoms with van der Waals surface area (Å²) in [7, 11) is 0. The molecule has 0 aliphatic carbocycles. The van der Waals surface area contributed by atoms with Gasteiger partial charge in [-0.1, -0.05) is 35.9 Å². The maximum Gasteiger partial charge on any atom is 0.202 e. The minimum absolute atomic E-state index is 0.0567. The summed E-state index contributed by atoms with van der Waals surface area (Å²) in [5, 5.41) is 4.47. The summed E-state index contributed by atoms with van der Waals surface area (Å²) >= 11 is 0. The fourth-order valence-electron chi connectivity index (χ4n) is 4.31. The van der Waals surface area contributed by atoms with Gasteiger partial charge in [0.2, 0.25) is 5.78 Å². The fraction of sp³-hybridized carbons (Fsp3) is 0.348. The van der Waals surface area contributed by atoms with Crippen molar-refractivity contribution in [2.45, 2.75) is 33.7 Å². The van der Waals surface area contributed by atoms with Crippen molar-refractivity contribution in [3.05, 3.63) is 64.3 Å². The molecule has 2 heterocycles. The molecular formula is C23H26N2O2. The summed E-state index contributed by atoms with van der Waals surface area (Å²) < 4.78 is 8.30. The van der Waals surface area contributed by atoms with Gasteiger partial charge in [0, 0.05) is 42.7 Å². The molecule has 27 heavy (non-hydrogen) atoms. The first-order valence-electron chi connectivity index (χ1n) is 9.61. The van der Waals surface area contributed by atoms with E-state index in [4.69, 9.17) is 4.74 Å². The average molecular weight is 362 g/mol. The number of para-hydroxylation sites is 1. The zero-order chi connectivity index (χ0) is 19.0. The molecule has 4 rings (SSSR count). The summed E-state index contributed by atoms with van der Waals surface area (Å²) in [6.07, 6.45) is 0.859. The number of fused-ring (bicyclic) bond motifs is 3. The predicted molar refractivity (Wildman–Crippen MR) is 109 cm³/mol. The molecule has 0 spiro atoms. The van der Waals surface area contributed by atoms with Gasteiger partial charge in [-0.05, 0) is 38.0 Å². The van der Waals surface area contributed by atoms with E-state index in [9.17, 15) is 4.79 Å². The topological polar surface area (TPSA) is 43.3 Å². The maximum atomic E-state index is 13.2. The standard InChI is InChI=1S/C23H26N2O2/c1-15-12-16(2)23(17(3)13-15)27-14-21(26)22-18-6-4-5-7-19(18)25-11-10-24-9-8-20(22)25/h4-7,12-13,24H,8-11,14H2,1-3H3. The van der Waals surface area contributed by atoms with Gasteiger partial charge in [0.1, 0.15) is 5.75 Å². The Kier molecular flexibility index (Phi) is 4.75. The lowest BCUT2D eigenvalue weighted by atomic mass is 10.0. The number of aromatic nitrogens is 1. The van der Waals surface area contributed by atoms with Crippen LogP contribution in [-0.4, -0.2) is 30.0 Å². The van der Waals surface area contributed by atoms with Crippen LogP contribution in [0, 0.1) is 20.8 Å². The first kappa shape index (κ1) is 17.8. The molecule has 0 unspecified atom stereocenters. The molecule has 1 aromatic heterocycles. The molecule has 0 fully saturated rings. The zero-order valence-electron chi connectivity index (χ0n) is 16.3. The van der Waals surface area contributed by atoms with Crippen LogP contribution in [0.5, 0.6) is 5.75 Å². The molecule has 2 aromatic carbocycles. The number of nitrogens with one attached hydrogen (secondary N) is 1. The van der Waals surface area contributed by atoms with Gasteiger partial charge in [0.05, 0.1) is 5.56 Å². The molecule has 140 valence electrons. The number of rotatable bonds is 4. The fourth-order valence-corrected chi connectivity index (χ4v) is 4.31. The molecule has 1 aliphatic heterocycles. The van der Waals surface area contributed by atoms with E-state index in [1.807, 2.05) is 26.0 Å². The van der Waals surface area contributed by atoms with Gasteiger partial charge in [0.25, 0.3) is 0 Å². The van der Waals surface area contributed by atoms with Crippen LogP contribution in [0.3, 0.4) is 0 Å². The van der Waals surface area contributed by atoms with E-state index in [0.717, 1.165) is 65.1 Å². The number of benzene rings is 2. The highest BCUT2D eigenvalue weighted by atomic mass is 16.5. The Bertz CT molecular complexity index is 994. The first-order valence-corrected chi connectivity index (χ1v) is 9.61. The third-order valence-electron chi connectivity index (χ3n) is 5.36. The van der Waals surface area contributed by atoms with Crippen molar-refractivity contribution >= 4 is 16.7 Å². The van der Waals surface area contributed by atoms with Crippen LogP contribution in [-0.2, 0) is 13.0 Å². The monoisotopic (exact) mass is 362 g/mol. The third-order valence-corrected chi connectivity index (χ3v) is 5.36. The second-order valence-corrected chi connectivity index (χ2v) is 7.43. The first-order chi connectivity index (χ1) is 13.1. The highest BCUT2D eigenvalue weighted by Crippen LogP contribution is 2.29. The smallest absolute Gasteiger partial charge is 0.202 e. The molecule has 0 saturated carbocycles. The van der Waals surface area contributed by atoms with Gasteiger partial charge in [-0.3, -0.25) is 4.79 Å². The molecule has 4 nitrogen and oxygen atoms in total. The van der Waals surface area contributed by atoms with E-state index in [-0.39, 0.29) is 12.4 Å². The summed E-state index contributed by atoms with van der Waals surface area (Å²) in [6.45, 7) is 8.92. The maximum absolute atomic E-state index is 13.2. The lowest BCUT2D eigenvalue weighted by molar-refractivity contribution is 0.0921. The Morgan fingerprint density at radius 3 is 2.63 bits per heavy atom. The van der Waals surface area contributed by atoms with E-state index in [2.05, 4.69) is 41.1 Å². The van der Waals surface area contributed by atoms with Crippen LogP contribution in [0.1, 0.15) is 32.7 Å². The largest absolute Gasteiger partial charge is 0.485 e. The molecule has 0 radical (unpaired) electrons. The summed E-state index contributed by atoms with van der Waals surface area (Å²) in [6, 6.07) is 12.4. The van der Waals surface area contributed by atoms with Crippen LogP contribution >= 0.6 is 0 Å².